The first-order chi connectivity index (χ1) is 15.4. The lowest BCUT2D eigenvalue weighted by Crippen LogP contribution is -2.13. The highest BCUT2D eigenvalue weighted by atomic mass is 19.4. The van der Waals surface area contributed by atoms with Crippen molar-refractivity contribution in [1.82, 2.24) is 20.3 Å². The number of furan rings is 1. The second kappa shape index (κ2) is 8.72. The fraction of sp³-hybridized carbons (Fsp3) is 0.227. The number of imidazole rings is 1. The largest absolute Gasteiger partial charge is 0.493 e. The lowest BCUT2D eigenvalue weighted by molar-refractivity contribution is -0.138. The number of fused-ring (bicyclic) bond motifs is 1. The summed E-state index contributed by atoms with van der Waals surface area (Å²) in [5.41, 5.74) is 0.419. The van der Waals surface area contributed by atoms with Gasteiger partial charge in [0.2, 0.25) is 0 Å². The maximum atomic E-state index is 13.5. The van der Waals surface area contributed by atoms with Crippen molar-refractivity contribution in [2.75, 3.05) is 6.61 Å². The highest BCUT2D eigenvalue weighted by Gasteiger charge is 2.35. The van der Waals surface area contributed by atoms with Crippen LogP contribution in [-0.2, 0) is 19.3 Å². The summed E-state index contributed by atoms with van der Waals surface area (Å²) < 4.78 is 50.9. The maximum Gasteiger partial charge on any atom is 0.419 e. The van der Waals surface area contributed by atoms with Crippen LogP contribution in [0.1, 0.15) is 29.8 Å². The summed E-state index contributed by atoms with van der Waals surface area (Å²) in [6.45, 7) is 2.58. The molecule has 4 aromatic rings. The van der Waals surface area contributed by atoms with E-state index < -0.39 is 11.7 Å². The predicted molar refractivity (Wildman–Crippen MR) is 109 cm³/mol. The maximum absolute atomic E-state index is 13.5. The van der Waals surface area contributed by atoms with Crippen molar-refractivity contribution < 1.29 is 22.3 Å². The zero-order chi connectivity index (χ0) is 22.7. The van der Waals surface area contributed by atoms with Crippen LogP contribution in [0.3, 0.4) is 0 Å². The van der Waals surface area contributed by atoms with E-state index in [0.29, 0.717) is 29.9 Å². The zero-order valence-electron chi connectivity index (χ0n) is 17.0. The smallest absolute Gasteiger partial charge is 0.419 e. The number of H-pyrrole nitrogens is 1. The number of nitriles is 1. The molecule has 0 saturated heterocycles. The lowest BCUT2D eigenvalue weighted by atomic mass is 10.1. The Labute approximate surface area is 180 Å². The molecule has 0 fully saturated rings. The number of nitrogens with one attached hydrogen (secondary N) is 2. The predicted octanol–water partition coefficient (Wildman–Crippen LogP) is 4.80. The van der Waals surface area contributed by atoms with Gasteiger partial charge in [0.25, 0.3) is 0 Å². The van der Waals surface area contributed by atoms with E-state index in [0.717, 1.165) is 11.8 Å². The Morgan fingerprint density at radius 2 is 2.03 bits per heavy atom. The fourth-order valence-corrected chi connectivity index (χ4v) is 3.28. The third kappa shape index (κ3) is 4.43. The Morgan fingerprint density at radius 3 is 2.72 bits per heavy atom. The molecular formula is C22H18F3N5O2. The Hall–Kier alpha value is -3.84. The second-order valence-corrected chi connectivity index (χ2v) is 6.87. The SMILES string of the molecule is CCOc1ccc(-c2cc3[nH]c(CNCc4ccco4)nc3c(C#N)n2)cc1C(F)(F)F. The van der Waals surface area contributed by atoms with Crippen LogP contribution in [-0.4, -0.2) is 21.6 Å². The number of nitrogens with zero attached hydrogens (tertiary/aromatic N) is 3. The number of hydrogen-bond acceptors (Lipinski definition) is 6. The monoisotopic (exact) mass is 441 g/mol. The van der Waals surface area contributed by atoms with Gasteiger partial charge >= 0.3 is 6.18 Å². The first-order valence-corrected chi connectivity index (χ1v) is 9.76. The number of benzene rings is 1. The van der Waals surface area contributed by atoms with Crippen molar-refractivity contribution >= 4 is 11.0 Å². The van der Waals surface area contributed by atoms with Crippen LogP contribution in [0, 0.1) is 11.3 Å². The fourth-order valence-electron chi connectivity index (χ4n) is 3.28. The zero-order valence-corrected chi connectivity index (χ0v) is 17.0. The van der Waals surface area contributed by atoms with Crippen LogP contribution < -0.4 is 10.1 Å². The molecule has 0 saturated carbocycles. The minimum absolute atomic E-state index is 0.0217. The minimum Gasteiger partial charge on any atom is -0.493 e. The quantitative estimate of drug-likeness (QED) is 0.428. The summed E-state index contributed by atoms with van der Waals surface area (Å²) >= 11 is 0. The van der Waals surface area contributed by atoms with E-state index in [1.165, 1.54) is 12.1 Å². The molecule has 4 rings (SSSR count). The van der Waals surface area contributed by atoms with E-state index in [2.05, 4.69) is 20.3 Å². The van der Waals surface area contributed by atoms with Gasteiger partial charge in [0, 0.05) is 5.56 Å². The molecule has 0 unspecified atom stereocenters. The van der Waals surface area contributed by atoms with Crippen LogP contribution in [0.5, 0.6) is 5.75 Å². The molecule has 164 valence electrons. The van der Waals surface area contributed by atoms with Crippen molar-refractivity contribution in [2.24, 2.45) is 0 Å². The summed E-state index contributed by atoms with van der Waals surface area (Å²) in [4.78, 5) is 11.7. The second-order valence-electron chi connectivity index (χ2n) is 6.87. The highest BCUT2D eigenvalue weighted by Crippen LogP contribution is 2.39. The third-order valence-corrected chi connectivity index (χ3v) is 4.68. The molecule has 1 aromatic carbocycles. The molecule has 0 aliphatic heterocycles. The van der Waals surface area contributed by atoms with Crippen molar-refractivity contribution in [3.05, 3.63) is 65.5 Å². The average molecular weight is 441 g/mol. The number of pyridine rings is 1. The summed E-state index contributed by atoms with van der Waals surface area (Å²) in [7, 11) is 0. The summed E-state index contributed by atoms with van der Waals surface area (Å²) in [5.74, 6) is 1.07. The molecule has 7 nitrogen and oxygen atoms in total. The molecular weight excluding hydrogens is 423 g/mol. The molecule has 3 aromatic heterocycles. The molecule has 32 heavy (non-hydrogen) atoms. The van der Waals surface area contributed by atoms with Gasteiger partial charge in [0.1, 0.15) is 28.9 Å². The van der Waals surface area contributed by atoms with Gasteiger partial charge in [-0.2, -0.15) is 18.4 Å². The highest BCUT2D eigenvalue weighted by molar-refractivity contribution is 5.84. The van der Waals surface area contributed by atoms with E-state index in [9.17, 15) is 18.4 Å². The molecule has 0 radical (unpaired) electrons. The molecule has 10 heteroatoms. The van der Waals surface area contributed by atoms with Gasteiger partial charge in [-0.05, 0) is 43.3 Å². The van der Waals surface area contributed by atoms with E-state index >= 15 is 0 Å². The Bertz CT molecular complexity index is 1270. The van der Waals surface area contributed by atoms with E-state index in [4.69, 9.17) is 9.15 Å². The molecule has 3 heterocycles. The standard InChI is InChI=1S/C22H18F3N5O2/c1-2-31-19-6-5-13(8-15(19)22(23,24)25)16-9-17-21(18(10-26)28-16)30-20(29-17)12-27-11-14-4-3-7-32-14/h3-9,27H,2,11-12H2,1H3,(H,29,30). The number of aromatic amines is 1. The number of ether oxygens (including phenoxy) is 1. The molecule has 0 aliphatic carbocycles. The molecule has 0 bridgehead atoms. The Balaban J connectivity index is 1.67. The van der Waals surface area contributed by atoms with Gasteiger partial charge in [0.05, 0.1) is 42.7 Å². The summed E-state index contributed by atoms with van der Waals surface area (Å²) in [6, 6.07) is 10.9. The first-order valence-electron chi connectivity index (χ1n) is 9.76. The lowest BCUT2D eigenvalue weighted by Gasteiger charge is -2.14. The van der Waals surface area contributed by atoms with Gasteiger partial charge in [-0.15, -0.1) is 0 Å². The molecule has 0 aliphatic rings. The number of alkyl halides is 3. The first kappa shape index (κ1) is 21.4. The molecule has 0 amide bonds. The van der Waals surface area contributed by atoms with Crippen LogP contribution in [0.25, 0.3) is 22.3 Å². The van der Waals surface area contributed by atoms with Crippen LogP contribution in [0.2, 0.25) is 0 Å². The van der Waals surface area contributed by atoms with Gasteiger partial charge in [-0.25, -0.2) is 9.97 Å². The van der Waals surface area contributed by atoms with E-state index in [-0.39, 0.29) is 29.3 Å². The number of rotatable bonds is 7. The third-order valence-electron chi connectivity index (χ3n) is 4.68. The number of aromatic nitrogens is 3. The summed E-state index contributed by atoms with van der Waals surface area (Å²) in [5, 5.41) is 12.7. The van der Waals surface area contributed by atoms with E-state index in [1.807, 2.05) is 12.1 Å². The Morgan fingerprint density at radius 1 is 1.19 bits per heavy atom. The average Bonchev–Trinajstić information content (AvgIpc) is 3.42. The van der Waals surface area contributed by atoms with Crippen molar-refractivity contribution in [3.63, 3.8) is 0 Å². The van der Waals surface area contributed by atoms with Crippen molar-refractivity contribution in [2.45, 2.75) is 26.2 Å². The molecule has 0 atom stereocenters. The molecule has 0 spiro atoms. The van der Waals surface area contributed by atoms with Crippen molar-refractivity contribution in [1.29, 1.82) is 5.26 Å². The number of hydrogen-bond donors (Lipinski definition) is 2. The minimum atomic E-state index is -4.59. The normalized spacial score (nSPS) is 11.6. The van der Waals surface area contributed by atoms with E-state index in [1.54, 1.807) is 25.3 Å². The number of halogens is 3. The van der Waals surface area contributed by atoms with Crippen LogP contribution in [0.4, 0.5) is 13.2 Å². The van der Waals surface area contributed by atoms with Crippen LogP contribution in [0.15, 0.2) is 47.1 Å². The van der Waals surface area contributed by atoms with Crippen molar-refractivity contribution in [3.8, 4) is 23.1 Å². The molecule has 2 N–H and O–H groups in total. The Kier molecular flexibility index (Phi) is 5.83. The van der Waals surface area contributed by atoms with Gasteiger partial charge in [-0.1, -0.05) is 0 Å². The summed E-state index contributed by atoms with van der Waals surface area (Å²) in [6.07, 6.45) is -3.01. The topological polar surface area (TPSA) is 99.8 Å². The van der Waals surface area contributed by atoms with Crippen LogP contribution >= 0.6 is 0 Å². The van der Waals surface area contributed by atoms with Gasteiger partial charge < -0.3 is 19.5 Å². The van der Waals surface area contributed by atoms with Gasteiger partial charge in [-0.3, -0.25) is 0 Å². The van der Waals surface area contributed by atoms with Gasteiger partial charge in [0.15, 0.2) is 5.69 Å².